The molecule has 0 spiro atoms. The molecule has 0 bridgehead atoms. The van der Waals surface area contributed by atoms with Crippen LogP contribution in [0, 0.1) is 0 Å². The third-order valence-electron chi connectivity index (χ3n) is 0.0743. The lowest BCUT2D eigenvalue weighted by Crippen LogP contribution is -1.98. The van der Waals surface area contributed by atoms with Crippen molar-refractivity contribution < 1.29 is 4.79 Å². The Labute approximate surface area is 39.2 Å². The van der Waals surface area contributed by atoms with Crippen LogP contribution in [0.1, 0.15) is 0 Å². The Morgan fingerprint density at radius 1 is 1.80 bits per heavy atom. The van der Waals surface area contributed by atoms with Crippen LogP contribution in [0.15, 0.2) is 0 Å². The smallest absolute Gasteiger partial charge is 0.255 e. The van der Waals surface area contributed by atoms with E-state index in [2.05, 4.69) is 23.4 Å². The molecule has 0 aliphatic heterocycles. The van der Waals surface area contributed by atoms with Crippen molar-refractivity contribution >= 4 is 28.7 Å². The summed E-state index contributed by atoms with van der Waals surface area (Å²) in [7, 11) is 0. The third-order valence-corrected chi connectivity index (χ3v) is 0.437. The van der Waals surface area contributed by atoms with Gasteiger partial charge in [0.2, 0.25) is 0 Å². The second-order valence-electron chi connectivity index (χ2n) is 0.368. The number of hydrogen-bond acceptors (Lipinski definition) is 1. The van der Waals surface area contributed by atoms with E-state index in [0.29, 0.717) is 0 Å². The maximum Gasteiger partial charge on any atom is 0.328 e. The summed E-state index contributed by atoms with van der Waals surface area (Å²) in [5.41, 5.74) is 0. The number of halogens is 2. The summed E-state index contributed by atoms with van der Waals surface area (Å²) in [6, 6.07) is 0. The molecule has 0 aromatic rings. The summed E-state index contributed by atoms with van der Waals surface area (Å²) in [6.45, 7) is 0. The zero-order valence-electron chi connectivity index (χ0n) is 2.16. The van der Waals surface area contributed by atoms with Gasteiger partial charge in [-0.05, 0) is 11.6 Å². The van der Waals surface area contributed by atoms with Gasteiger partial charge in [0.1, 0.15) is 0 Å². The van der Waals surface area contributed by atoms with Crippen LogP contribution in [0.5, 0.6) is 0 Å². The average Bonchev–Trinajstić information content (AvgIpc) is 1.38. The van der Waals surface area contributed by atoms with E-state index in [1.54, 1.807) is 4.84 Å². The number of hydrogen-bond donors (Lipinski definition) is 1. The predicted octanol–water partition coefficient (Wildman–Crippen LogP) is 1.09. The fraction of sp³-hybridized carbons (Fsp3) is 0. The van der Waals surface area contributed by atoms with Gasteiger partial charge in [0.25, 0.3) is 0 Å². The number of nitrogens with one attached hydrogen (secondary N) is 1. The Balaban J connectivity index is 2.85. The molecular weight excluding hydrogens is 113 g/mol. The van der Waals surface area contributed by atoms with E-state index >= 15 is 0 Å². The zero-order chi connectivity index (χ0) is 4.28. The number of carbonyl (C=O) groups excluding carboxylic acids is 1. The van der Waals surface area contributed by atoms with E-state index in [1.807, 2.05) is 0 Å². The second-order valence-corrected chi connectivity index (χ2v) is 0.900. The number of amides is 1. The van der Waals surface area contributed by atoms with Crippen molar-refractivity contribution in [2.75, 3.05) is 0 Å². The highest BCUT2D eigenvalue weighted by Crippen LogP contribution is 1.74. The topological polar surface area (TPSA) is 29.1 Å². The van der Waals surface area contributed by atoms with Gasteiger partial charge < -0.3 is 0 Å². The van der Waals surface area contributed by atoms with Crippen LogP contribution in [-0.4, -0.2) is 5.37 Å². The zero-order valence-corrected chi connectivity index (χ0v) is 3.68. The molecule has 0 unspecified atom stereocenters. The fourth-order valence-electron chi connectivity index (χ4n) is 0. The second kappa shape index (κ2) is 2.30. The first-order chi connectivity index (χ1) is 2.27. The average molecular weight is 114 g/mol. The lowest BCUT2D eigenvalue weighted by molar-refractivity contribution is 0.264. The summed E-state index contributed by atoms with van der Waals surface area (Å²) in [6.07, 6.45) is 0. The summed E-state index contributed by atoms with van der Waals surface area (Å²) in [5.74, 6) is 0. The Morgan fingerprint density at radius 3 is 2.00 bits per heavy atom. The van der Waals surface area contributed by atoms with Gasteiger partial charge in [-0.25, -0.2) is 0 Å². The molecule has 0 radical (unpaired) electrons. The van der Waals surface area contributed by atoms with E-state index in [-0.39, 0.29) is 0 Å². The first-order valence-electron chi connectivity index (χ1n) is 0.832. The standard InChI is InChI=1S/CHCl2NO/c2-1(5)4-3/h(H,4,5). The van der Waals surface area contributed by atoms with E-state index < -0.39 is 5.37 Å². The van der Waals surface area contributed by atoms with Gasteiger partial charge in [-0.15, -0.1) is 0 Å². The number of carbonyl (C=O) groups is 1. The third kappa shape index (κ3) is 4.05. The molecule has 5 heavy (non-hydrogen) atoms. The molecule has 0 atom stereocenters. The first kappa shape index (κ1) is 5.05. The largest absolute Gasteiger partial charge is 0.328 e. The van der Waals surface area contributed by atoms with Gasteiger partial charge >= 0.3 is 5.37 Å². The first-order valence-corrected chi connectivity index (χ1v) is 1.59. The maximum atomic E-state index is 9.33. The molecule has 0 fully saturated rings. The molecule has 1 amide bonds. The molecular formula is CHCl2NO. The molecule has 0 aromatic carbocycles. The summed E-state index contributed by atoms with van der Waals surface area (Å²) < 4.78 is 0. The highest BCUT2D eigenvalue weighted by Gasteiger charge is 1.80. The van der Waals surface area contributed by atoms with Crippen LogP contribution in [0.2, 0.25) is 0 Å². The maximum absolute atomic E-state index is 9.33. The van der Waals surface area contributed by atoms with Crippen LogP contribution in [0.4, 0.5) is 4.79 Å². The molecule has 0 saturated carbocycles. The van der Waals surface area contributed by atoms with Crippen molar-refractivity contribution in [2.45, 2.75) is 0 Å². The van der Waals surface area contributed by atoms with Crippen molar-refractivity contribution in [3.8, 4) is 0 Å². The Morgan fingerprint density at radius 2 is 2.00 bits per heavy atom. The van der Waals surface area contributed by atoms with E-state index in [1.165, 1.54) is 0 Å². The molecule has 0 aliphatic rings. The van der Waals surface area contributed by atoms with Crippen molar-refractivity contribution in [3.63, 3.8) is 0 Å². The Kier molecular flexibility index (Phi) is 2.32. The Bertz CT molecular complexity index is 44.9. The molecule has 1 N–H and O–H groups in total. The van der Waals surface area contributed by atoms with Gasteiger partial charge in [-0.3, -0.25) is 9.63 Å². The molecule has 0 heterocycles. The van der Waals surface area contributed by atoms with Crippen LogP contribution in [0.25, 0.3) is 0 Å². The molecule has 0 aromatic heterocycles. The minimum Gasteiger partial charge on any atom is -0.255 e. The molecule has 0 rings (SSSR count). The van der Waals surface area contributed by atoms with Crippen molar-refractivity contribution in [1.82, 2.24) is 4.84 Å². The van der Waals surface area contributed by atoms with Gasteiger partial charge in [0.15, 0.2) is 0 Å². The summed E-state index contributed by atoms with van der Waals surface area (Å²) in [4.78, 5) is 11.0. The normalized spacial score (nSPS) is 6.80. The van der Waals surface area contributed by atoms with Crippen LogP contribution < -0.4 is 4.84 Å². The lowest BCUT2D eigenvalue weighted by atomic mass is 11.5. The summed E-state index contributed by atoms with van der Waals surface area (Å²) in [5, 5.41) is -0.758. The fourth-order valence-corrected chi connectivity index (χ4v) is 0. The predicted molar refractivity (Wildman–Crippen MR) is 20.2 cm³/mol. The van der Waals surface area contributed by atoms with Crippen LogP contribution in [-0.2, 0) is 0 Å². The minimum atomic E-state index is -0.758. The van der Waals surface area contributed by atoms with Gasteiger partial charge in [-0.1, -0.05) is 0 Å². The van der Waals surface area contributed by atoms with Gasteiger partial charge in [0, 0.05) is 11.8 Å². The SMILES string of the molecule is O=C(Cl)NCl. The van der Waals surface area contributed by atoms with E-state index in [4.69, 9.17) is 0 Å². The minimum absolute atomic E-state index is 0.758. The van der Waals surface area contributed by atoms with Gasteiger partial charge in [0.05, 0.1) is 0 Å². The van der Waals surface area contributed by atoms with Crippen LogP contribution >= 0.6 is 23.4 Å². The molecule has 0 aliphatic carbocycles. The lowest BCUT2D eigenvalue weighted by Gasteiger charge is -1.72. The summed E-state index contributed by atoms with van der Waals surface area (Å²) >= 11 is 9.19. The molecule has 2 nitrogen and oxygen atoms in total. The van der Waals surface area contributed by atoms with Crippen molar-refractivity contribution in [3.05, 3.63) is 0 Å². The van der Waals surface area contributed by atoms with Crippen molar-refractivity contribution in [1.29, 1.82) is 0 Å². The monoisotopic (exact) mass is 113 g/mol. The van der Waals surface area contributed by atoms with Crippen LogP contribution in [0.3, 0.4) is 0 Å². The highest BCUT2D eigenvalue weighted by molar-refractivity contribution is 6.65. The number of rotatable bonds is 0. The highest BCUT2D eigenvalue weighted by atomic mass is 35.5. The Hall–Kier alpha value is 0.0500. The molecule has 30 valence electrons. The quantitative estimate of drug-likeness (QED) is 0.285. The molecule has 0 saturated heterocycles. The van der Waals surface area contributed by atoms with E-state index in [0.717, 1.165) is 0 Å². The van der Waals surface area contributed by atoms with E-state index in [9.17, 15) is 4.79 Å². The van der Waals surface area contributed by atoms with Gasteiger partial charge in [-0.2, -0.15) is 0 Å². The van der Waals surface area contributed by atoms with Crippen molar-refractivity contribution in [2.24, 2.45) is 0 Å². The molecule has 4 heteroatoms.